The van der Waals surface area contributed by atoms with Crippen molar-refractivity contribution < 1.29 is 4.92 Å². The summed E-state index contributed by atoms with van der Waals surface area (Å²) in [5.41, 5.74) is 7.04. The van der Waals surface area contributed by atoms with E-state index >= 15 is 0 Å². The lowest BCUT2D eigenvalue weighted by Crippen LogP contribution is -2.07. The minimum absolute atomic E-state index is 0.0185. The first-order valence-corrected chi connectivity index (χ1v) is 13.2. The van der Waals surface area contributed by atoms with Gasteiger partial charge < -0.3 is 9.47 Å². The van der Waals surface area contributed by atoms with Gasteiger partial charge in [-0.05, 0) is 68.8 Å². The van der Waals surface area contributed by atoms with Crippen LogP contribution in [0.5, 0.6) is 0 Å². The van der Waals surface area contributed by atoms with Crippen molar-refractivity contribution in [3.63, 3.8) is 0 Å². The Kier molecular flexibility index (Phi) is 15.4. The van der Waals surface area contributed by atoms with Crippen molar-refractivity contribution in [2.45, 2.75) is 55.4 Å². The highest BCUT2D eigenvalue weighted by Gasteiger charge is 2.08. The summed E-state index contributed by atoms with van der Waals surface area (Å²) in [6.45, 7) is 18.7. The summed E-state index contributed by atoms with van der Waals surface area (Å²) in [7, 11) is 6.15. The Balaban J connectivity index is 0.000000598. The topological polar surface area (TPSA) is 77.1 Å². The number of fused-ring (bicyclic) bond motifs is 1. The van der Waals surface area contributed by atoms with Gasteiger partial charge in [-0.2, -0.15) is 0 Å². The number of hydrogen-bond donors (Lipinski definition) is 0. The number of allylic oxidation sites excluding steroid dienone is 1. The van der Waals surface area contributed by atoms with Gasteiger partial charge in [-0.3, -0.25) is 15.1 Å². The molecule has 0 aliphatic carbocycles. The molecule has 0 radical (unpaired) electrons. The summed E-state index contributed by atoms with van der Waals surface area (Å²) < 4.78 is 3.32. The van der Waals surface area contributed by atoms with E-state index in [0.717, 1.165) is 16.2 Å². The monoisotopic (exact) mass is 525 g/mol. The summed E-state index contributed by atoms with van der Waals surface area (Å²) in [5.74, 6) is 0. The molecular formula is C29H43N5O2S. The van der Waals surface area contributed by atoms with E-state index in [1.807, 2.05) is 61.0 Å². The SMILES string of the molecule is C=C(C)[N+](=O)[O-].CC.CC.Cc1ccc(-c2nc3ccc(N(C)C)cc3s2)nc1.Cc1ccn(C)c1C. The highest BCUT2D eigenvalue weighted by atomic mass is 32.1. The largest absolute Gasteiger partial charge is 0.378 e. The fourth-order valence-corrected chi connectivity index (χ4v) is 3.61. The average molecular weight is 526 g/mol. The smallest absolute Gasteiger partial charge is 0.236 e. The summed E-state index contributed by atoms with van der Waals surface area (Å²) in [6, 6.07) is 12.5. The number of aromatic nitrogens is 3. The molecule has 3 aromatic heterocycles. The summed E-state index contributed by atoms with van der Waals surface area (Å²) in [4.78, 5) is 20.1. The van der Waals surface area contributed by atoms with Gasteiger partial charge in [0.25, 0.3) is 0 Å². The third-order valence-corrected chi connectivity index (χ3v) is 6.02. The van der Waals surface area contributed by atoms with Gasteiger partial charge in [-0.1, -0.05) is 33.8 Å². The molecule has 4 aromatic rings. The van der Waals surface area contributed by atoms with Crippen molar-refractivity contribution in [2.75, 3.05) is 19.0 Å². The second-order valence-corrected chi connectivity index (χ2v) is 9.00. The molecule has 0 saturated carbocycles. The molecule has 0 aliphatic rings. The molecule has 4 rings (SSSR count). The molecular weight excluding hydrogens is 482 g/mol. The molecule has 0 amide bonds. The Hall–Kier alpha value is -3.52. The van der Waals surface area contributed by atoms with Crippen LogP contribution in [0.2, 0.25) is 0 Å². The van der Waals surface area contributed by atoms with Crippen molar-refractivity contribution in [2.24, 2.45) is 7.05 Å². The van der Waals surface area contributed by atoms with Crippen LogP contribution in [0.3, 0.4) is 0 Å². The van der Waals surface area contributed by atoms with E-state index in [1.165, 1.54) is 34.1 Å². The van der Waals surface area contributed by atoms with E-state index in [-0.39, 0.29) is 5.70 Å². The molecule has 1 aromatic carbocycles. The van der Waals surface area contributed by atoms with Gasteiger partial charge in [-0.15, -0.1) is 11.3 Å². The molecule has 7 nitrogen and oxygen atoms in total. The van der Waals surface area contributed by atoms with E-state index in [2.05, 4.69) is 83.4 Å². The minimum Gasteiger partial charge on any atom is -0.378 e. The zero-order valence-corrected chi connectivity index (χ0v) is 25.1. The van der Waals surface area contributed by atoms with Crippen molar-refractivity contribution in [3.8, 4) is 10.7 Å². The number of nitro groups is 1. The minimum atomic E-state index is -0.528. The summed E-state index contributed by atoms with van der Waals surface area (Å²) >= 11 is 1.69. The van der Waals surface area contributed by atoms with Crippen molar-refractivity contribution >= 4 is 27.2 Å². The Labute approximate surface area is 226 Å². The number of nitrogens with zero attached hydrogens (tertiary/aromatic N) is 5. The van der Waals surface area contributed by atoms with Crippen molar-refractivity contribution in [3.05, 3.63) is 88.0 Å². The maximum atomic E-state index is 9.41. The van der Waals surface area contributed by atoms with Gasteiger partial charge in [0.2, 0.25) is 5.70 Å². The maximum Gasteiger partial charge on any atom is 0.236 e. The lowest BCUT2D eigenvalue weighted by Gasteiger charge is -2.11. The zero-order valence-electron chi connectivity index (χ0n) is 24.3. The molecule has 0 aliphatic heterocycles. The van der Waals surface area contributed by atoms with Gasteiger partial charge in [0.1, 0.15) is 5.01 Å². The highest BCUT2D eigenvalue weighted by Crippen LogP contribution is 2.31. The molecule has 3 heterocycles. The van der Waals surface area contributed by atoms with Crippen LogP contribution >= 0.6 is 11.3 Å². The first-order valence-electron chi connectivity index (χ1n) is 12.4. The number of benzene rings is 1. The van der Waals surface area contributed by atoms with Gasteiger partial charge in [0.15, 0.2) is 0 Å². The maximum absolute atomic E-state index is 9.41. The molecule has 202 valence electrons. The zero-order chi connectivity index (χ0) is 28.7. The second kappa shape index (κ2) is 17.0. The number of rotatable bonds is 3. The van der Waals surface area contributed by atoms with E-state index in [0.29, 0.717) is 0 Å². The van der Waals surface area contributed by atoms with E-state index in [4.69, 9.17) is 0 Å². The summed E-state index contributed by atoms with van der Waals surface area (Å²) in [5, 5.41) is 10.4. The number of pyridine rings is 1. The highest BCUT2D eigenvalue weighted by molar-refractivity contribution is 7.21. The quantitative estimate of drug-likeness (QED) is 0.199. The number of aryl methyl sites for hydroxylation is 3. The third kappa shape index (κ3) is 11.0. The van der Waals surface area contributed by atoms with Gasteiger partial charge >= 0.3 is 0 Å². The van der Waals surface area contributed by atoms with Crippen LogP contribution in [-0.2, 0) is 7.05 Å². The van der Waals surface area contributed by atoms with Crippen LogP contribution in [0, 0.1) is 30.9 Å². The van der Waals surface area contributed by atoms with Crippen LogP contribution < -0.4 is 4.90 Å². The lowest BCUT2D eigenvalue weighted by atomic mass is 10.3. The molecule has 0 bridgehead atoms. The molecule has 8 heteroatoms. The third-order valence-electron chi connectivity index (χ3n) is 4.98. The Morgan fingerprint density at radius 3 is 2.03 bits per heavy atom. The van der Waals surface area contributed by atoms with Crippen LogP contribution in [0.15, 0.2) is 61.1 Å². The molecule has 0 saturated heterocycles. The number of hydrogen-bond acceptors (Lipinski definition) is 6. The second-order valence-electron chi connectivity index (χ2n) is 7.97. The predicted molar refractivity (Wildman–Crippen MR) is 161 cm³/mol. The van der Waals surface area contributed by atoms with Gasteiger partial charge in [0.05, 0.1) is 20.8 Å². The molecule has 0 spiro atoms. The van der Waals surface area contributed by atoms with Crippen molar-refractivity contribution in [1.82, 2.24) is 14.5 Å². The van der Waals surface area contributed by atoms with Gasteiger partial charge in [-0.25, -0.2) is 4.98 Å². The molecule has 0 fully saturated rings. The predicted octanol–water partition coefficient (Wildman–Crippen LogP) is 8.22. The van der Waals surface area contributed by atoms with E-state index < -0.39 is 4.92 Å². The molecule has 0 unspecified atom stereocenters. The molecule has 0 N–H and O–H groups in total. The summed E-state index contributed by atoms with van der Waals surface area (Å²) in [6.07, 6.45) is 3.96. The Bertz CT molecular complexity index is 1210. The lowest BCUT2D eigenvalue weighted by molar-refractivity contribution is -0.423. The number of anilines is 1. The first-order chi connectivity index (χ1) is 17.5. The van der Waals surface area contributed by atoms with Crippen molar-refractivity contribution in [1.29, 1.82) is 0 Å². The molecule has 0 atom stereocenters. The first kappa shape index (κ1) is 33.5. The van der Waals surface area contributed by atoms with Crippen LogP contribution in [-0.4, -0.2) is 33.6 Å². The fraction of sp³-hybridized carbons (Fsp3) is 0.379. The standard InChI is InChI=1S/C15H15N3S.C7H11N.C3H5NO2.2C2H6/c1-10-4-6-13(16-9-10)15-17-12-7-5-11(18(2)3)8-14(12)19-15;1-6-4-5-8(3)7(6)2;1-3(2)4(5)6;2*1-2/h4-9H,1-3H3;4-5H,1-3H3;1H2,2H3;2*1-2H3. The Morgan fingerprint density at radius 2 is 1.65 bits per heavy atom. The number of thiazole rings is 1. The Morgan fingerprint density at radius 1 is 1.05 bits per heavy atom. The molecule has 37 heavy (non-hydrogen) atoms. The van der Waals surface area contributed by atoms with Crippen LogP contribution in [0.4, 0.5) is 5.69 Å². The fourth-order valence-electron chi connectivity index (χ4n) is 2.63. The van der Waals surface area contributed by atoms with E-state index in [1.54, 1.807) is 11.3 Å². The van der Waals surface area contributed by atoms with Gasteiger partial charge in [0, 0.05) is 51.8 Å². The van der Waals surface area contributed by atoms with Crippen LogP contribution in [0.25, 0.3) is 20.9 Å². The van der Waals surface area contributed by atoms with E-state index in [9.17, 15) is 10.1 Å². The van der Waals surface area contributed by atoms with Crippen LogP contribution in [0.1, 0.15) is 51.4 Å². The average Bonchev–Trinajstić information content (AvgIpc) is 3.45. The normalized spacial score (nSPS) is 9.27.